The van der Waals surface area contributed by atoms with Crippen molar-refractivity contribution in [2.45, 2.75) is 44.8 Å². The van der Waals surface area contributed by atoms with Crippen LogP contribution in [0.25, 0.3) is 0 Å². The van der Waals surface area contributed by atoms with Crippen LogP contribution in [0.3, 0.4) is 0 Å². The molecule has 5 nitrogen and oxygen atoms in total. The molecule has 1 amide bonds. The van der Waals surface area contributed by atoms with Gasteiger partial charge >= 0.3 is 6.09 Å². The van der Waals surface area contributed by atoms with Crippen LogP contribution < -0.4 is 5.32 Å². The summed E-state index contributed by atoms with van der Waals surface area (Å²) in [6.45, 7) is 6.74. The van der Waals surface area contributed by atoms with Crippen LogP contribution in [0.2, 0.25) is 0 Å². The lowest BCUT2D eigenvalue weighted by Crippen LogP contribution is -2.56. The number of hydrogen-bond acceptors (Lipinski definition) is 4. The number of nitrogens with zero attached hydrogens (tertiary/aromatic N) is 1. The van der Waals surface area contributed by atoms with E-state index in [2.05, 4.69) is 5.32 Å². The summed E-state index contributed by atoms with van der Waals surface area (Å²) in [6.07, 6.45) is 1.38. The van der Waals surface area contributed by atoms with Crippen LogP contribution in [0.15, 0.2) is 0 Å². The predicted octanol–water partition coefficient (Wildman–Crippen LogP) is 0.968. The van der Waals surface area contributed by atoms with Crippen LogP contribution in [0, 0.1) is 0 Å². The fourth-order valence-corrected chi connectivity index (χ4v) is 2.27. The third kappa shape index (κ3) is 3.33. The highest BCUT2D eigenvalue weighted by molar-refractivity contribution is 5.69. The first-order valence-corrected chi connectivity index (χ1v) is 6.11. The smallest absolute Gasteiger partial charge is 0.410 e. The van der Waals surface area contributed by atoms with E-state index in [9.17, 15) is 9.90 Å². The van der Waals surface area contributed by atoms with Crippen molar-refractivity contribution in [2.75, 3.05) is 26.7 Å². The van der Waals surface area contributed by atoms with Crippen molar-refractivity contribution in [3.63, 3.8) is 0 Å². The standard InChI is InChI=1S/C12H24N2O3/c1-11(2,3)17-10(16)14-7-5-6-12(14,9-15)8-13-4/h13,15H,5-9H2,1-4H3. The van der Waals surface area contributed by atoms with Gasteiger partial charge in [0, 0.05) is 13.1 Å². The number of aliphatic hydroxyl groups excluding tert-OH is 1. The molecule has 1 rings (SSSR count). The van der Waals surface area contributed by atoms with E-state index in [-0.39, 0.29) is 12.7 Å². The Morgan fingerprint density at radius 1 is 1.53 bits per heavy atom. The first kappa shape index (κ1) is 14.3. The van der Waals surface area contributed by atoms with Gasteiger partial charge in [0.1, 0.15) is 5.60 Å². The van der Waals surface area contributed by atoms with Crippen molar-refractivity contribution in [3.8, 4) is 0 Å². The molecule has 0 aromatic rings. The number of carbonyl (C=O) groups excluding carboxylic acids is 1. The molecule has 2 N–H and O–H groups in total. The third-order valence-electron chi connectivity index (χ3n) is 3.01. The zero-order valence-corrected chi connectivity index (χ0v) is 11.2. The highest BCUT2D eigenvalue weighted by Gasteiger charge is 2.44. The van der Waals surface area contributed by atoms with Gasteiger partial charge in [0.2, 0.25) is 0 Å². The zero-order chi connectivity index (χ0) is 13.1. The highest BCUT2D eigenvalue weighted by atomic mass is 16.6. The minimum atomic E-state index is -0.503. The lowest BCUT2D eigenvalue weighted by molar-refractivity contribution is -0.00399. The third-order valence-corrected chi connectivity index (χ3v) is 3.01. The number of likely N-dealkylation sites (tertiary alicyclic amines) is 1. The lowest BCUT2D eigenvalue weighted by atomic mass is 9.97. The second-order valence-electron chi connectivity index (χ2n) is 5.65. The Labute approximate surface area is 103 Å². The molecule has 1 unspecified atom stereocenters. The van der Waals surface area contributed by atoms with Crippen LogP contribution in [0.4, 0.5) is 4.79 Å². The fraction of sp³-hybridized carbons (Fsp3) is 0.917. The van der Waals surface area contributed by atoms with Gasteiger partial charge in [-0.2, -0.15) is 0 Å². The van der Waals surface area contributed by atoms with Crippen LogP contribution in [-0.2, 0) is 4.74 Å². The second-order valence-corrected chi connectivity index (χ2v) is 5.65. The van der Waals surface area contributed by atoms with E-state index in [1.54, 1.807) is 4.90 Å². The molecule has 0 spiro atoms. The molecule has 1 saturated heterocycles. The predicted molar refractivity (Wildman–Crippen MR) is 65.9 cm³/mol. The summed E-state index contributed by atoms with van der Waals surface area (Å²) in [5, 5.41) is 12.6. The van der Waals surface area contributed by atoms with Crippen molar-refractivity contribution in [2.24, 2.45) is 0 Å². The molecule has 100 valence electrons. The van der Waals surface area contributed by atoms with Crippen molar-refractivity contribution in [1.29, 1.82) is 0 Å². The Bertz CT molecular complexity index is 275. The molecular weight excluding hydrogens is 220 g/mol. The Morgan fingerprint density at radius 3 is 2.65 bits per heavy atom. The largest absolute Gasteiger partial charge is 0.444 e. The average Bonchev–Trinajstić information content (AvgIpc) is 2.60. The molecule has 1 aliphatic heterocycles. The summed E-state index contributed by atoms with van der Waals surface area (Å²) >= 11 is 0. The topological polar surface area (TPSA) is 61.8 Å². The van der Waals surface area contributed by atoms with E-state index in [0.717, 1.165) is 12.8 Å². The van der Waals surface area contributed by atoms with Crippen molar-refractivity contribution >= 4 is 6.09 Å². The molecule has 0 bridgehead atoms. The maximum Gasteiger partial charge on any atom is 0.410 e. The molecule has 1 aliphatic rings. The SMILES string of the molecule is CNCC1(CO)CCCN1C(=O)OC(C)(C)C. The average molecular weight is 244 g/mol. The number of aliphatic hydroxyl groups is 1. The molecule has 5 heteroatoms. The number of ether oxygens (including phenoxy) is 1. The van der Waals surface area contributed by atoms with Gasteiger partial charge in [-0.25, -0.2) is 4.79 Å². The molecule has 17 heavy (non-hydrogen) atoms. The first-order chi connectivity index (χ1) is 7.84. The molecule has 0 aliphatic carbocycles. The number of amides is 1. The van der Waals surface area contributed by atoms with Gasteiger partial charge in [-0.1, -0.05) is 0 Å². The minimum Gasteiger partial charge on any atom is -0.444 e. The number of rotatable bonds is 3. The van der Waals surface area contributed by atoms with Crippen LogP contribution in [0.1, 0.15) is 33.6 Å². The number of nitrogens with one attached hydrogen (secondary N) is 1. The van der Waals surface area contributed by atoms with Crippen LogP contribution in [-0.4, -0.2) is 54.0 Å². The molecule has 1 fully saturated rings. The van der Waals surface area contributed by atoms with Crippen molar-refractivity contribution < 1.29 is 14.6 Å². The molecule has 0 aromatic carbocycles. The van der Waals surface area contributed by atoms with Gasteiger partial charge in [-0.15, -0.1) is 0 Å². The van der Waals surface area contributed by atoms with Gasteiger partial charge < -0.3 is 15.2 Å². The quantitative estimate of drug-likeness (QED) is 0.776. The van der Waals surface area contributed by atoms with Gasteiger partial charge in [-0.3, -0.25) is 4.90 Å². The van der Waals surface area contributed by atoms with Gasteiger partial charge in [0.15, 0.2) is 0 Å². The summed E-state index contributed by atoms with van der Waals surface area (Å²) in [4.78, 5) is 13.7. The van der Waals surface area contributed by atoms with E-state index in [4.69, 9.17) is 4.74 Å². The van der Waals surface area contributed by atoms with E-state index in [1.807, 2.05) is 27.8 Å². The molecule has 1 atom stereocenters. The molecular formula is C12H24N2O3. The van der Waals surface area contributed by atoms with Crippen LogP contribution >= 0.6 is 0 Å². The monoisotopic (exact) mass is 244 g/mol. The van der Waals surface area contributed by atoms with Crippen LogP contribution in [0.5, 0.6) is 0 Å². The van der Waals surface area contributed by atoms with Gasteiger partial charge in [0.05, 0.1) is 12.1 Å². The van der Waals surface area contributed by atoms with Crippen molar-refractivity contribution in [1.82, 2.24) is 10.2 Å². The molecule has 0 aromatic heterocycles. The molecule has 0 radical (unpaired) electrons. The minimum absolute atomic E-state index is 0.0346. The maximum atomic E-state index is 12.1. The zero-order valence-electron chi connectivity index (χ0n) is 11.2. The Kier molecular flexibility index (Phi) is 4.38. The summed E-state index contributed by atoms with van der Waals surface area (Å²) < 4.78 is 5.37. The van der Waals surface area contributed by atoms with Crippen molar-refractivity contribution in [3.05, 3.63) is 0 Å². The normalized spacial score (nSPS) is 25.1. The first-order valence-electron chi connectivity index (χ1n) is 6.11. The number of carbonyl (C=O) groups is 1. The maximum absolute atomic E-state index is 12.1. The van der Waals surface area contributed by atoms with Gasteiger partial charge in [0.25, 0.3) is 0 Å². The van der Waals surface area contributed by atoms with E-state index >= 15 is 0 Å². The lowest BCUT2D eigenvalue weighted by Gasteiger charge is -2.37. The molecule has 1 heterocycles. The van der Waals surface area contributed by atoms with Gasteiger partial charge in [-0.05, 0) is 40.7 Å². The fourth-order valence-electron chi connectivity index (χ4n) is 2.27. The Morgan fingerprint density at radius 2 is 2.18 bits per heavy atom. The summed E-state index contributed by atoms with van der Waals surface area (Å²) in [5.41, 5.74) is -1.00. The van der Waals surface area contributed by atoms with E-state index < -0.39 is 11.1 Å². The molecule has 0 saturated carbocycles. The second kappa shape index (κ2) is 5.23. The number of likely N-dealkylation sites (N-methyl/N-ethyl adjacent to an activating group) is 1. The van der Waals surface area contributed by atoms with E-state index in [0.29, 0.717) is 13.1 Å². The summed E-state index contributed by atoms with van der Waals surface area (Å²) in [6, 6.07) is 0. The van der Waals surface area contributed by atoms with E-state index in [1.165, 1.54) is 0 Å². The number of hydrogen-bond donors (Lipinski definition) is 2. The highest BCUT2D eigenvalue weighted by Crippen LogP contribution is 2.30. The Balaban J connectivity index is 2.77. The summed E-state index contributed by atoms with van der Waals surface area (Å²) in [7, 11) is 1.82. The summed E-state index contributed by atoms with van der Waals surface area (Å²) in [5.74, 6) is 0. The Hall–Kier alpha value is -0.810.